The summed E-state index contributed by atoms with van der Waals surface area (Å²) in [5.41, 5.74) is 7.70. The third-order valence-electron chi connectivity index (χ3n) is 2.51. The third kappa shape index (κ3) is 3.47. The molecule has 0 amide bonds. The van der Waals surface area contributed by atoms with Gasteiger partial charge in [-0.1, -0.05) is 0 Å². The van der Waals surface area contributed by atoms with E-state index < -0.39 is 11.9 Å². The second-order valence-electron chi connectivity index (χ2n) is 3.79. The van der Waals surface area contributed by atoms with Crippen LogP contribution in [0.1, 0.15) is 17.8 Å². The summed E-state index contributed by atoms with van der Waals surface area (Å²) >= 11 is 0. The Hall–Kier alpha value is -2.05. The lowest BCUT2D eigenvalue weighted by molar-refractivity contribution is -0.148. The topological polar surface area (TPSA) is 96.4 Å². The van der Waals surface area contributed by atoms with E-state index in [1.807, 2.05) is 0 Å². The minimum absolute atomic E-state index is 0.000285. The van der Waals surface area contributed by atoms with E-state index in [1.54, 1.807) is 13.8 Å². The van der Waals surface area contributed by atoms with Crippen LogP contribution in [0.3, 0.4) is 0 Å². The summed E-state index contributed by atoms with van der Waals surface area (Å²) in [5, 5.41) is 4.11. The summed E-state index contributed by atoms with van der Waals surface area (Å²) < 4.78 is 10.8. The molecule has 18 heavy (non-hydrogen) atoms. The molecule has 0 spiro atoms. The molecule has 0 radical (unpaired) electrons. The number of aromatic nitrogens is 2. The quantitative estimate of drug-likeness (QED) is 0.754. The van der Waals surface area contributed by atoms with Crippen LogP contribution in [0, 0.1) is 13.8 Å². The normalized spacial score (nSPS) is 10.2. The van der Waals surface area contributed by atoms with Crippen molar-refractivity contribution in [1.82, 2.24) is 9.78 Å². The Labute approximate surface area is 105 Å². The largest absolute Gasteiger partial charge is 0.469 e. The van der Waals surface area contributed by atoms with Crippen LogP contribution < -0.4 is 5.73 Å². The monoisotopic (exact) mass is 255 g/mol. The zero-order valence-corrected chi connectivity index (χ0v) is 10.7. The molecule has 0 bridgehead atoms. The molecule has 2 N–H and O–H groups in total. The van der Waals surface area contributed by atoms with Crippen molar-refractivity contribution in [2.24, 2.45) is 0 Å². The number of nitrogen functional groups attached to an aromatic ring is 1. The molecule has 0 saturated carbocycles. The summed E-state index contributed by atoms with van der Waals surface area (Å²) in [7, 11) is 1.28. The first kappa shape index (κ1) is 14.0. The number of carbonyl (C=O) groups is 2. The van der Waals surface area contributed by atoms with E-state index in [9.17, 15) is 9.59 Å². The second-order valence-corrected chi connectivity index (χ2v) is 3.79. The lowest BCUT2D eigenvalue weighted by Gasteiger charge is -2.05. The van der Waals surface area contributed by atoms with Gasteiger partial charge in [-0.05, 0) is 13.8 Å². The number of rotatable bonds is 5. The van der Waals surface area contributed by atoms with E-state index in [0.717, 1.165) is 5.69 Å². The molecule has 0 atom stereocenters. The zero-order chi connectivity index (χ0) is 13.7. The molecule has 0 fully saturated rings. The first-order chi connectivity index (χ1) is 8.45. The zero-order valence-electron chi connectivity index (χ0n) is 10.7. The standard InChI is InChI=1S/C11H17N3O4/c1-7-11(12)8(2)14(13-7)6-10(16)18-5-4-9(15)17-3/h4-6,12H2,1-3H3. The number of carbonyl (C=O) groups excluding carboxylic acids is 2. The maximum atomic E-state index is 11.5. The average molecular weight is 255 g/mol. The van der Waals surface area contributed by atoms with Gasteiger partial charge in [0.1, 0.15) is 13.2 Å². The van der Waals surface area contributed by atoms with Crippen molar-refractivity contribution in [2.45, 2.75) is 26.8 Å². The SMILES string of the molecule is COC(=O)CCOC(=O)Cn1nc(C)c(N)c1C. The van der Waals surface area contributed by atoms with Gasteiger partial charge in [0.2, 0.25) is 0 Å². The molecule has 7 nitrogen and oxygen atoms in total. The van der Waals surface area contributed by atoms with Crippen LogP contribution in [-0.2, 0) is 25.6 Å². The minimum atomic E-state index is -0.468. The van der Waals surface area contributed by atoms with Gasteiger partial charge in [0.25, 0.3) is 0 Å². The molecule has 0 aliphatic carbocycles. The van der Waals surface area contributed by atoms with Gasteiger partial charge in [0, 0.05) is 0 Å². The molecular weight excluding hydrogens is 238 g/mol. The van der Waals surface area contributed by atoms with Gasteiger partial charge in [-0.3, -0.25) is 14.3 Å². The van der Waals surface area contributed by atoms with E-state index in [4.69, 9.17) is 10.5 Å². The maximum absolute atomic E-state index is 11.5. The summed E-state index contributed by atoms with van der Waals surface area (Å²) in [6, 6.07) is 0. The summed E-state index contributed by atoms with van der Waals surface area (Å²) in [5.74, 6) is -0.886. The minimum Gasteiger partial charge on any atom is -0.469 e. The lowest BCUT2D eigenvalue weighted by Crippen LogP contribution is -2.17. The molecule has 1 rings (SSSR count). The third-order valence-corrected chi connectivity index (χ3v) is 2.51. The van der Waals surface area contributed by atoms with E-state index in [0.29, 0.717) is 11.4 Å². The van der Waals surface area contributed by atoms with Crippen LogP contribution in [0.4, 0.5) is 5.69 Å². The second kappa shape index (κ2) is 6.04. The van der Waals surface area contributed by atoms with Crippen LogP contribution in [-0.4, -0.2) is 35.4 Å². The molecule has 0 saturated heterocycles. The van der Waals surface area contributed by atoms with Gasteiger partial charge in [0.05, 0.1) is 30.6 Å². The molecule has 1 aromatic heterocycles. The number of nitrogens with zero attached hydrogens (tertiary/aromatic N) is 2. The number of methoxy groups -OCH3 is 1. The van der Waals surface area contributed by atoms with Crippen molar-refractivity contribution in [3.8, 4) is 0 Å². The van der Waals surface area contributed by atoms with Crippen molar-refractivity contribution in [2.75, 3.05) is 19.5 Å². The average Bonchev–Trinajstić information content (AvgIpc) is 2.56. The number of nitrogens with two attached hydrogens (primary N) is 1. The predicted octanol–water partition coefficient (Wildman–Crippen LogP) is 0.188. The highest BCUT2D eigenvalue weighted by molar-refractivity contribution is 5.71. The van der Waals surface area contributed by atoms with Crippen molar-refractivity contribution in [1.29, 1.82) is 0 Å². The smallest absolute Gasteiger partial charge is 0.327 e. The number of ether oxygens (including phenoxy) is 2. The Kier molecular flexibility index (Phi) is 4.70. The number of esters is 2. The molecule has 0 aromatic carbocycles. The summed E-state index contributed by atoms with van der Waals surface area (Å²) in [6.45, 7) is 3.52. The number of hydrogen-bond donors (Lipinski definition) is 1. The highest BCUT2D eigenvalue weighted by atomic mass is 16.5. The Balaban J connectivity index is 2.45. The predicted molar refractivity (Wildman–Crippen MR) is 63.7 cm³/mol. The number of hydrogen-bond acceptors (Lipinski definition) is 6. The van der Waals surface area contributed by atoms with Crippen LogP contribution in [0.15, 0.2) is 0 Å². The van der Waals surface area contributed by atoms with Crippen molar-refractivity contribution in [3.63, 3.8) is 0 Å². The molecule has 100 valence electrons. The first-order valence-electron chi connectivity index (χ1n) is 5.47. The molecule has 1 heterocycles. The molecule has 7 heteroatoms. The van der Waals surface area contributed by atoms with E-state index in [2.05, 4.69) is 9.84 Å². The number of anilines is 1. The fourth-order valence-corrected chi connectivity index (χ4v) is 1.38. The highest BCUT2D eigenvalue weighted by Crippen LogP contribution is 2.14. The molecule has 0 aliphatic heterocycles. The lowest BCUT2D eigenvalue weighted by atomic mass is 10.3. The first-order valence-corrected chi connectivity index (χ1v) is 5.47. The Morgan fingerprint density at radius 3 is 2.50 bits per heavy atom. The molecular formula is C11H17N3O4. The van der Waals surface area contributed by atoms with Gasteiger partial charge in [-0.2, -0.15) is 5.10 Å². The molecule has 1 aromatic rings. The summed E-state index contributed by atoms with van der Waals surface area (Å²) in [6.07, 6.45) is 0.0432. The molecule has 0 aliphatic rings. The fraction of sp³-hybridized carbons (Fsp3) is 0.545. The Morgan fingerprint density at radius 2 is 2.00 bits per heavy atom. The maximum Gasteiger partial charge on any atom is 0.327 e. The van der Waals surface area contributed by atoms with E-state index >= 15 is 0 Å². The highest BCUT2D eigenvalue weighted by Gasteiger charge is 2.12. The van der Waals surface area contributed by atoms with Crippen LogP contribution >= 0.6 is 0 Å². The van der Waals surface area contributed by atoms with E-state index in [-0.39, 0.29) is 19.6 Å². The van der Waals surface area contributed by atoms with Gasteiger partial charge < -0.3 is 15.2 Å². The van der Waals surface area contributed by atoms with Gasteiger partial charge in [-0.15, -0.1) is 0 Å². The van der Waals surface area contributed by atoms with Crippen LogP contribution in [0.2, 0.25) is 0 Å². The Morgan fingerprint density at radius 1 is 1.33 bits per heavy atom. The van der Waals surface area contributed by atoms with Gasteiger partial charge >= 0.3 is 11.9 Å². The Bertz CT molecular complexity index is 453. The van der Waals surface area contributed by atoms with Gasteiger partial charge in [0.15, 0.2) is 0 Å². The van der Waals surface area contributed by atoms with Crippen molar-refractivity contribution in [3.05, 3.63) is 11.4 Å². The molecule has 0 unspecified atom stereocenters. The van der Waals surface area contributed by atoms with Crippen molar-refractivity contribution < 1.29 is 19.1 Å². The van der Waals surface area contributed by atoms with E-state index in [1.165, 1.54) is 11.8 Å². The van der Waals surface area contributed by atoms with Crippen LogP contribution in [0.25, 0.3) is 0 Å². The summed E-state index contributed by atoms with van der Waals surface area (Å²) in [4.78, 5) is 22.3. The fourth-order valence-electron chi connectivity index (χ4n) is 1.38. The number of aryl methyl sites for hydroxylation is 1. The van der Waals surface area contributed by atoms with Crippen LogP contribution in [0.5, 0.6) is 0 Å². The van der Waals surface area contributed by atoms with Gasteiger partial charge in [-0.25, -0.2) is 0 Å². The van der Waals surface area contributed by atoms with Crippen molar-refractivity contribution >= 4 is 17.6 Å².